The van der Waals surface area contributed by atoms with Crippen molar-refractivity contribution < 1.29 is 9.47 Å². The van der Waals surface area contributed by atoms with E-state index >= 15 is 0 Å². The second kappa shape index (κ2) is 11.8. The molecular formula is C17H32N6O2. The number of hydrogen-bond acceptors (Lipinski definition) is 5. The van der Waals surface area contributed by atoms with Crippen LogP contribution in [0.25, 0.3) is 0 Å². The van der Waals surface area contributed by atoms with Crippen LogP contribution >= 0.6 is 0 Å². The van der Waals surface area contributed by atoms with Gasteiger partial charge in [-0.05, 0) is 25.7 Å². The van der Waals surface area contributed by atoms with E-state index in [2.05, 4.69) is 32.3 Å². The maximum Gasteiger partial charge on any atom is 0.191 e. The molecule has 0 radical (unpaired) electrons. The Morgan fingerprint density at radius 1 is 1.40 bits per heavy atom. The minimum Gasteiger partial charge on any atom is -0.385 e. The van der Waals surface area contributed by atoms with Crippen LogP contribution in [-0.4, -0.2) is 66.8 Å². The van der Waals surface area contributed by atoms with E-state index in [4.69, 9.17) is 14.5 Å². The number of rotatable bonds is 10. The quantitative estimate of drug-likeness (QED) is 0.371. The first-order valence-electron chi connectivity index (χ1n) is 9.33. The summed E-state index contributed by atoms with van der Waals surface area (Å²) in [4.78, 5) is 4.69. The van der Waals surface area contributed by atoms with Crippen molar-refractivity contribution in [2.75, 3.05) is 40.0 Å². The predicted octanol–water partition coefficient (Wildman–Crippen LogP) is 0.981. The van der Waals surface area contributed by atoms with Crippen molar-refractivity contribution >= 4 is 5.96 Å². The minimum absolute atomic E-state index is 0.246. The Hall–Kier alpha value is -1.67. The number of nitrogens with zero attached hydrogens (tertiary/aromatic N) is 4. The van der Waals surface area contributed by atoms with Gasteiger partial charge in [-0.25, -0.2) is 0 Å². The van der Waals surface area contributed by atoms with E-state index < -0.39 is 0 Å². The third-order valence-corrected chi connectivity index (χ3v) is 4.20. The second-order valence-electron chi connectivity index (χ2n) is 6.17. The lowest BCUT2D eigenvalue weighted by Gasteiger charge is -2.21. The number of methoxy groups -OCH3 is 1. The SMILES string of the molecule is CCc1nncn1CCNC(=NCC1CCCCO1)NCCCOC. The standard InChI is InChI=1S/C17H32N6O2/c1-3-16-22-21-14-23(16)10-9-19-17(18-8-6-11-24-2)20-13-15-7-4-5-12-25-15/h14-15H,3-13H2,1-2H3,(H2,18,19,20). The van der Waals surface area contributed by atoms with Gasteiger partial charge in [-0.2, -0.15) is 0 Å². The number of ether oxygens (including phenoxy) is 2. The number of hydrogen-bond donors (Lipinski definition) is 2. The van der Waals surface area contributed by atoms with Crippen LogP contribution in [0.3, 0.4) is 0 Å². The van der Waals surface area contributed by atoms with Gasteiger partial charge in [-0.1, -0.05) is 6.92 Å². The topological polar surface area (TPSA) is 85.6 Å². The van der Waals surface area contributed by atoms with Gasteiger partial charge < -0.3 is 24.7 Å². The molecule has 8 heteroatoms. The van der Waals surface area contributed by atoms with Crippen LogP contribution in [0.15, 0.2) is 11.3 Å². The Kier molecular flexibility index (Phi) is 9.28. The molecule has 1 aliphatic rings. The van der Waals surface area contributed by atoms with Crippen molar-refractivity contribution in [1.82, 2.24) is 25.4 Å². The van der Waals surface area contributed by atoms with Crippen LogP contribution in [0, 0.1) is 0 Å². The van der Waals surface area contributed by atoms with Gasteiger partial charge in [0.1, 0.15) is 12.2 Å². The maximum atomic E-state index is 5.76. The molecule has 0 spiro atoms. The molecule has 0 bridgehead atoms. The highest BCUT2D eigenvalue weighted by molar-refractivity contribution is 5.79. The van der Waals surface area contributed by atoms with Gasteiger partial charge in [0.05, 0.1) is 12.6 Å². The largest absolute Gasteiger partial charge is 0.385 e. The summed E-state index contributed by atoms with van der Waals surface area (Å²) in [6, 6.07) is 0. The van der Waals surface area contributed by atoms with E-state index in [-0.39, 0.29) is 6.10 Å². The zero-order valence-corrected chi connectivity index (χ0v) is 15.5. The second-order valence-corrected chi connectivity index (χ2v) is 6.17. The van der Waals surface area contributed by atoms with Crippen LogP contribution in [-0.2, 0) is 22.4 Å². The van der Waals surface area contributed by atoms with Gasteiger partial charge in [0.2, 0.25) is 0 Å². The average molecular weight is 352 g/mol. The van der Waals surface area contributed by atoms with Gasteiger partial charge in [0, 0.05) is 46.4 Å². The van der Waals surface area contributed by atoms with E-state index in [1.165, 1.54) is 12.8 Å². The molecular weight excluding hydrogens is 320 g/mol. The van der Waals surface area contributed by atoms with Crippen LogP contribution in [0.2, 0.25) is 0 Å². The molecule has 1 aromatic rings. The number of aromatic nitrogens is 3. The van der Waals surface area contributed by atoms with Crippen LogP contribution in [0.1, 0.15) is 38.4 Å². The van der Waals surface area contributed by atoms with E-state index in [1.54, 1.807) is 13.4 Å². The predicted molar refractivity (Wildman–Crippen MR) is 97.8 cm³/mol. The molecule has 2 N–H and O–H groups in total. The molecule has 1 aromatic heterocycles. The van der Waals surface area contributed by atoms with Gasteiger partial charge in [0.15, 0.2) is 5.96 Å². The van der Waals surface area contributed by atoms with Gasteiger partial charge in [0.25, 0.3) is 0 Å². The zero-order chi connectivity index (χ0) is 17.7. The molecule has 0 saturated carbocycles. The normalized spacial score (nSPS) is 18.3. The van der Waals surface area contributed by atoms with Crippen LogP contribution in [0.4, 0.5) is 0 Å². The Labute approximate surface area is 150 Å². The highest BCUT2D eigenvalue weighted by Gasteiger charge is 2.13. The minimum atomic E-state index is 0.246. The summed E-state index contributed by atoms with van der Waals surface area (Å²) >= 11 is 0. The van der Waals surface area contributed by atoms with Gasteiger partial charge in [-0.3, -0.25) is 4.99 Å². The first-order valence-corrected chi connectivity index (χ1v) is 9.33. The Morgan fingerprint density at radius 2 is 2.28 bits per heavy atom. The van der Waals surface area contributed by atoms with Crippen LogP contribution < -0.4 is 10.6 Å². The van der Waals surface area contributed by atoms with Crippen molar-refractivity contribution in [2.45, 2.75) is 51.7 Å². The first-order chi connectivity index (χ1) is 12.3. The summed E-state index contributed by atoms with van der Waals surface area (Å²) in [5.41, 5.74) is 0. The molecule has 1 aliphatic heterocycles. The molecule has 25 heavy (non-hydrogen) atoms. The number of aliphatic imine (C=N–C) groups is 1. The Balaban J connectivity index is 1.79. The van der Waals surface area contributed by atoms with E-state index in [0.29, 0.717) is 6.54 Å². The monoisotopic (exact) mass is 352 g/mol. The summed E-state index contributed by atoms with van der Waals surface area (Å²) in [5, 5.41) is 14.8. The third kappa shape index (κ3) is 7.39. The molecule has 0 aromatic carbocycles. The third-order valence-electron chi connectivity index (χ3n) is 4.20. The Bertz CT molecular complexity index is 499. The summed E-state index contributed by atoms with van der Waals surface area (Å²) in [5.74, 6) is 1.83. The van der Waals surface area contributed by atoms with Crippen molar-refractivity contribution in [3.63, 3.8) is 0 Å². The summed E-state index contributed by atoms with van der Waals surface area (Å²) in [6.45, 7) is 6.80. The highest BCUT2D eigenvalue weighted by Crippen LogP contribution is 2.12. The highest BCUT2D eigenvalue weighted by atomic mass is 16.5. The Morgan fingerprint density at radius 3 is 3.04 bits per heavy atom. The molecule has 1 atom stereocenters. The fourth-order valence-corrected chi connectivity index (χ4v) is 2.78. The number of guanidine groups is 1. The summed E-state index contributed by atoms with van der Waals surface area (Å²) < 4.78 is 12.9. The molecule has 8 nitrogen and oxygen atoms in total. The lowest BCUT2D eigenvalue weighted by molar-refractivity contribution is 0.0224. The molecule has 0 amide bonds. The van der Waals surface area contributed by atoms with E-state index in [0.717, 1.165) is 63.9 Å². The lowest BCUT2D eigenvalue weighted by Crippen LogP contribution is -2.40. The molecule has 0 aliphatic carbocycles. The van der Waals surface area contributed by atoms with E-state index in [9.17, 15) is 0 Å². The molecule has 2 heterocycles. The fraction of sp³-hybridized carbons (Fsp3) is 0.824. The van der Waals surface area contributed by atoms with Crippen molar-refractivity contribution in [1.29, 1.82) is 0 Å². The zero-order valence-electron chi connectivity index (χ0n) is 15.5. The van der Waals surface area contributed by atoms with E-state index in [1.807, 2.05) is 0 Å². The first kappa shape index (κ1) is 19.7. The molecule has 1 saturated heterocycles. The molecule has 142 valence electrons. The fourth-order valence-electron chi connectivity index (χ4n) is 2.78. The van der Waals surface area contributed by atoms with Gasteiger partial charge >= 0.3 is 0 Å². The summed E-state index contributed by atoms with van der Waals surface area (Å²) in [7, 11) is 1.72. The van der Waals surface area contributed by atoms with Crippen molar-refractivity contribution in [3.8, 4) is 0 Å². The number of nitrogens with one attached hydrogen (secondary N) is 2. The molecule has 2 rings (SSSR count). The summed E-state index contributed by atoms with van der Waals surface area (Å²) in [6.07, 6.45) is 7.35. The molecule has 1 fully saturated rings. The van der Waals surface area contributed by atoms with Gasteiger partial charge in [-0.15, -0.1) is 10.2 Å². The maximum absolute atomic E-state index is 5.76. The lowest BCUT2D eigenvalue weighted by atomic mass is 10.1. The van der Waals surface area contributed by atoms with Crippen molar-refractivity contribution in [2.24, 2.45) is 4.99 Å². The number of aryl methyl sites for hydroxylation is 1. The van der Waals surface area contributed by atoms with Crippen LogP contribution in [0.5, 0.6) is 0 Å². The molecule has 1 unspecified atom stereocenters. The average Bonchev–Trinajstić information content (AvgIpc) is 3.11. The van der Waals surface area contributed by atoms with Crippen molar-refractivity contribution in [3.05, 3.63) is 12.2 Å². The smallest absolute Gasteiger partial charge is 0.191 e.